The summed E-state index contributed by atoms with van der Waals surface area (Å²) < 4.78 is 19.7. The summed E-state index contributed by atoms with van der Waals surface area (Å²) in [6.07, 6.45) is 1.35. The first-order valence-corrected chi connectivity index (χ1v) is 6.53. The van der Waals surface area contributed by atoms with Gasteiger partial charge in [0.2, 0.25) is 0 Å². The Hall–Kier alpha value is -1.75. The lowest BCUT2D eigenvalue weighted by molar-refractivity contribution is 0.0723. The van der Waals surface area contributed by atoms with E-state index in [9.17, 15) is 4.39 Å². The van der Waals surface area contributed by atoms with Crippen LogP contribution in [0.25, 0.3) is 0 Å². The summed E-state index contributed by atoms with van der Waals surface area (Å²) in [6.45, 7) is 1.29. The molecule has 0 bridgehead atoms. The van der Waals surface area contributed by atoms with E-state index in [1.165, 1.54) is 0 Å². The summed E-state index contributed by atoms with van der Waals surface area (Å²) in [5, 5.41) is 7.01. The summed E-state index contributed by atoms with van der Waals surface area (Å²) in [5.74, 6) is 0.664. The van der Waals surface area contributed by atoms with Crippen LogP contribution in [0.4, 0.5) is 4.39 Å². The molecule has 19 heavy (non-hydrogen) atoms. The van der Waals surface area contributed by atoms with Crippen LogP contribution in [0.1, 0.15) is 30.1 Å². The summed E-state index contributed by atoms with van der Waals surface area (Å²) in [7, 11) is 0. The Balaban J connectivity index is 1.76. The first-order chi connectivity index (χ1) is 9.26. The number of alkyl halides is 1. The fourth-order valence-electron chi connectivity index (χ4n) is 2.32. The predicted octanol–water partition coefficient (Wildman–Crippen LogP) is 2.21. The van der Waals surface area contributed by atoms with Crippen LogP contribution in [0.15, 0.2) is 34.9 Å². The first kappa shape index (κ1) is 12.3. The number of rotatable bonds is 3. The maximum absolute atomic E-state index is 14.6. The van der Waals surface area contributed by atoms with Gasteiger partial charge in [0.05, 0.1) is 0 Å². The molecule has 0 radical (unpaired) electrons. The van der Waals surface area contributed by atoms with Gasteiger partial charge in [-0.2, -0.15) is 4.98 Å². The second-order valence-corrected chi connectivity index (χ2v) is 4.89. The molecule has 1 N–H and O–H groups in total. The number of piperidine rings is 1. The van der Waals surface area contributed by atoms with Crippen molar-refractivity contribution in [1.82, 2.24) is 15.5 Å². The Kier molecular flexibility index (Phi) is 3.29. The molecule has 2 heterocycles. The van der Waals surface area contributed by atoms with Gasteiger partial charge in [0.25, 0.3) is 5.89 Å². The third kappa shape index (κ3) is 2.66. The highest BCUT2D eigenvalue weighted by atomic mass is 19.1. The van der Waals surface area contributed by atoms with Gasteiger partial charge < -0.3 is 9.84 Å². The van der Waals surface area contributed by atoms with Crippen molar-refractivity contribution in [2.75, 3.05) is 13.1 Å². The summed E-state index contributed by atoms with van der Waals surface area (Å²) in [4.78, 5) is 4.22. The molecule has 100 valence electrons. The van der Waals surface area contributed by atoms with E-state index in [0.29, 0.717) is 38.2 Å². The molecule has 0 saturated carbocycles. The Labute approximate surface area is 111 Å². The number of nitrogens with one attached hydrogen (secondary N) is 1. The fraction of sp³-hybridized carbons (Fsp3) is 0.429. The average molecular weight is 261 g/mol. The van der Waals surface area contributed by atoms with Gasteiger partial charge in [0.15, 0.2) is 11.5 Å². The minimum Gasteiger partial charge on any atom is -0.336 e. The van der Waals surface area contributed by atoms with E-state index >= 15 is 0 Å². The predicted molar refractivity (Wildman–Crippen MR) is 68.4 cm³/mol. The third-order valence-corrected chi connectivity index (χ3v) is 3.45. The molecule has 0 spiro atoms. The molecular weight excluding hydrogens is 245 g/mol. The van der Waals surface area contributed by atoms with Gasteiger partial charge >= 0.3 is 0 Å². The second-order valence-electron chi connectivity index (χ2n) is 4.89. The highest BCUT2D eigenvalue weighted by molar-refractivity contribution is 5.18. The van der Waals surface area contributed by atoms with Crippen molar-refractivity contribution in [1.29, 1.82) is 0 Å². The van der Waals surface area contributed by atoms with Gasteiger partial charge in [0.1, 0.15) is 0 Å². The maximum Gasteiger partial charge on any atom is 0.264 e. The van der Waals surface area contributed by atoms with E-state index in [-0.39, 0.29) is 5.89 Å². The zero-order chi connectivity index (χ0) is 13.1. The minimum atomic E-state index is -1.47. The Morgan fingerprint density at radius 2 is 1.95 bits per heavy atom. The van der Waals surface area contributed by atoms with Crippen molar-refractivity contribution in [3.05, 3.63) is 47.6 Å². The van der Waals surface area contributed by atoms with Crippen LogP contribution in [0.3, 0.4) is 0 Å². The van der Waals surface area contributed by atoms with Crippen LogP contribution in [0, 0.1) is 0 Å². The van der Waals surface area contributed by atoms with Crippen molar-refractivity contribution in [3.63, 3.8) is 0 Å². The molecule has 3 rings (SSSR count). The molecule has 1 fully saturated rings. The average Bonchev–Trinajstić information content (AvgIpc) is 2.90. The summed E-state index contributed by atoms with van der Waals surface area (Å²) in [6, 6.07) is 9.86. The van der Waals surface area contributed by atoms with E-state index in [1.54, 1.807) is 0 Å². The SMILES string of the molecule is FC1(c2nc(Cc3ccccc3)no2)CCNCC1. The number of aromatic nitrogens is 2. The van der Waals surface area contributed by atoms with Gasteiger partial charge in [-0.05, 0) is 18.7 Å². The number of nitrogens with zero attached hydrogens (tertiary/aromatic N) is 2. The van der Waals surface area contributed by atoms with Gasteiger partial charge in [0, 0.05) is 19.3 Å². The normalized spacial score (nSPS) is 18.4. The van der Waals surface area contributed by atoms with Crippen molar-refractivity contribution in [2.24, 2.45) is 0 Å². The Morgan fingerprint density at radius 1 is 1.21 bits per heavy atom. The minimum absolute atomic E-state index is 0.125. The monoisotopic (exact) mass is 261 g/mol. The molecule has 4 nitrogen and oxygen atoms in total. The van der Waals surface area contributed by atoms with Gasteiger partial charge in [-0.3, -0.25) is 0 Å². The first-order valence-electron chi connectivity index (χ1n) is 6.53. The van der Waals surface area contributed by atoms with E-state index in [1.807, 2.05) is 30.3 Å². The van der Waals surface area contributed by atoms with E-state index in [2.05, 4.69) is 15.5 Å². The molecule has 2 aromatic rings. The van der Waals surface area contributed by atoms with E-state index in [0.717, 1.165) is 5.56 Å². The number of hydrogen-bond acceptors (Lipinski definition) is 4. The summed E-state index contributed by atoms with van der Waals surface area (Å²) >= 11 is 0. The maximum atomic E-state index is 14.6. The van der Waals surface area contributed by atoms with Gasteiger partial charge in [-0.15, -0.1) is 0 Å². The fourth-order valence-corrected chi connectivity index (χ4v) is 2.32. The highest BCUT2D eigenvalue weighted by Crippen LogP contribution is 2.33. The van der Waals surface area contributed by atoms with Crippen LogP contribution in [0.2, 0.25) is 0 Å². The van der Waals surface area contributed by atoms with Crippen molar-refractivity contribution < 1.29 is 8.91 Å². The molecule has 1 aromatic heterocycles. The van der Waals surface area contributed by atoms with Crippen LogP contribution >= 0.6 is 0 Å². The standard InChI is InChI=1S/C14H16FN3O/c15-14(6-8-16-9-7-14)13-17-12(18-19-13)10-11-4-2-1-3-5-11/h1-5,16H,6-10H2. The molecule has 0 unspecified atom stereocenters. The zero-order valence-electron chi connectivity index (χ0n) is 10.6. The Morgan fingerprint density at radius 3 is 2.68 bits per heavy atom. The molecule has 0 atom stereocenters. The van der Waals surface area contributed by atoms with Crippen LogP contribution < -0.4 is 5.32 Å². The van der Waals surface area contributed by atoms with Crippen LogP contribution in [-0.4, -0.2) is 23.2 Å². The van der Waals surface area contributed by atoms with Crippen LogP contribution in [0.5, 0.6) is 0 Å². The number of hydrogen-bond donors (Lipinski definition) is 1. The number of benzene rings is 1. The largest absolute Gasteiger partial charge is 0.336 e. The van der Waals surface area contributed by atoms with Gasteiger partial charge in [-0.1, -0.05) is 35.5 Å². The second kappa shape index (κ2) is 5.09. The summed E-state index contributed by atoms with van der Waals surface area (Å²) in [5.41, 5.74) is -0.374. The molecule has 1 aliphatic rings. The lowest BCUT2D eigenvalue weighted by Crippen LogP contribution is -2.36. The molecule has 0 aliphatic carbocycles. The number of halogens is 1. The third-order valence-electron chi connectivity index (χ3n) is 3.45. The molecule has 1 aliphatic heterocycles. The van der Waals surface area contributed by atoms with Crippen molar-refractivity contribution in [3.8, 4) is 0 Å². The van der Waals surface area contributed by atoms with E-state index < -0.39 is 5.67 Å². The topological polar surface area (TPSA) is 51.0 Å². The van der Waals surface area contributed by atoms with Gasteiger partial charge in [-0.25, -0.2) is 4.39 Å². The van der Waals surface area contributed by atoms with Crippen molar-refractivity contribution in [2.45, 2.75) is 24.9 Å². The molecule has 0 amide bonds. The lowest BCUT2D eigenvalue weighted by Gasteiger charge is -2.26. The van der Waals surface area contributed by atoms with Crippen molar-refractivity contribution >= 4 is 0 Å². The highest BCUT2D eigenvalue weighted by Gasteiger charge is 2.39. The molecule has 1 aromatic carbocycles. The zero-order valence-corrected chi connectivity index (χ0v) is 10.6. The lowest BCUT2D eigenvalue weighted by atomic mass is 9.94. The van der Waals surface area contributed by atoms with E-state index in [4.69, 9.17) is 4.52 Å². The molecular formula is C14H16FN3O. The molecule has 5 heteroatoms. The smallest absolute Gasteiger partial charge is 0.264 e. The Bertz CT molecular complexity index is 535. The molecule has 1 saturated heterocycles. The quantitative estimate of drug-likeness (QED) is 0.920. The van der Waals surface area contributed by atoms with Crippen LogP contribution in [-0.2, 0) is 12.1 Å².